The summed E-state index contributed by atoms with van der Waals surface area (Å²) in [5.41, 5.74) is 2.16. The van der Waals surface area contributed by atoms with E-state index in [0.29, 0.717) is 0 Å². The highest BCUT2D eigenvalue weighted by Crippen LogP contribution is 2.31. The lowest BCUT2D eigenvalue weighted by Gasteiger charge is -2.07. The van der Waals surface area contributed by atoms with Gasteiger partial charge in [-0.25, -0.2) is 0 Å². The van der Waals surface area contributed by atoms with Crippen molar-refractivity contribution < 1.29 is 9.53 Å². The lowest BCUT2D eigenvalue weighted by atomic mass is 10.0. The van der Waals surface area contributed by atoms with Crippen LogP contribution < -0.4 is 0 Å². The lowest BCUT2D eigenvalue weighted by Crippen LogP contribution is -2.16. The number of ether oxygens (including phenoxy) is 1. The normalized spacial score (nSPS) is 19.4. The summed E-state index contributed by atoms with van der Waals surface area (Å²) in [5, 5.41) is 0. The van der Waals surface area contributed by atoms with Crippen LogP contribution in [0.3, 0.4) is 0 Å². The average Bonchev–Trinajstić information content (AvgIpc) is 2.61. The summed E-state index contributed by atoms with van der Waals surface area (Å²) in [7, 11) is 1.55. The third-order valence-electron chi connectivity index (χ3n) is 2.63. The Morgan fingerprint density at radius 3 is 3.36 bits per heavy atom. The first kappa shape index (κ1) is 9.34. The van der Waals surface area contributed by atoms with E-state index in [2.05, 4.69) is 4.98 Å². The summed E-state index contributed by atoms with van der Waals surface area (Å²) in [6.45, 7) is 0.195. The first-order valence-corrected chi connectivity index (χ1v) is 4.78. The van der Waals surface area contributed by atoms with Crippen LogP contribution in [0.4, 0.5) is 0 Å². The Balaban J connectivity index is 2.21. The number of hydrogen-bond donors (Lipinski definition) is 0. The van der Waals surface area contributed by atoms with Gasteiger partial charge in [-0.3, -0.25) is 9.78 Å². The van der Waals surface area contributed by atoms with Crippen molar-refractivity contribution in [2.75, 3.05) is 13.7 Å². The Labute approximate surface area is 83.1 Å². The number of hydrogen-bond acceptors (Lipinski definition) is 3. The van der Waals surface area contributed by atoms with Crippen molar-refractivity contribution in [3.05, 3.63) is 29.6 Å². The highest BCUT2D eigenvalue weighted by Gasteiger charge is 2.29. The molecule has 0 aromatic carbocycles. The van der Waals surface area contributed by atoms with Crippen LogP contribution in [0.1, 0.15) is 23.6 Å². The van der Waals surface area contributed by atoms with Crippen LogP contribution in [0.2, 0.25) is 0 Å². The number of fused-ring (bicyclic) bond motifs is 1. The van der Waals surface area contributed by atoms with Gasteiger partial charge in [-0.1, -0.05) is 6.07 Å². The summed E-state index contributed by atoms with van der Waals surface area (Å²) >= 11 is 0. The molecule has 0 amide bonds. The summed E-state index contributed by atoms with van der Waals surface area (Å²) in [5.74, 6) is 0.108. The smallest absolute Gasteiger partial charge is 0.167 e. The number of pyridine rings is 1. The van der Waals surface area contributed by atoms with Crippen LogP contribution in [0.25, 0.3) is 0 Å². The Morgan fingerprint density at radius 2 is 2.57 bits per heavy atom. The fourth-order valence-corrected chi connectivity index (χ4v) is 1.97. The Morgan fingerprint density at radius 1 is 1.71 bits per heavy atom. The van der Waals surface area contributed by atoms with Gasteiger partial charge >= 0.3 is 0 Å². The number of carbonyl (C=O) groups excluding carboxylic acids is 1. The van der Waals surface area contributed by atoms with Crippen molar-refractivity contribution in [1.29, 1.82) is 0 Å². The average molecular weight is 191 g/mol. The quantitative estimate of drug-likeness (QED) is 0.723. The molecule has 0 bridgehead atoms. The molecule has 0 radical (unpaired) electrons. The van der Waals surface area contributed by atoms with E-state index in [9.17, 15) is 4.79 Å². The number of ketones is 1. The van der Waals surface area contributed by atoms with Gasteiger partial charge in [0.05, 0.1) is 11.6 Å². The SMILES string of the molecule is COCC(=O)C1CCc2cccnc21. The summed E-state index contributed by atoms with van der Waals surface area (Å²) in [6, 6.07) is 3.96. The Kier molecular flexibility index (Phi) is 2.59. The zero-order valence-corrected chi connectivity index (χ0v) is 8.19. The van der Waals surface area contributed by atoms with Gasteiger partial charge in [0, 0.05) is 13.3 Å². The van der Waals surface area contributed by atoms with E-state index in [1.54, 1.807) is 13.3 Å². The third-order valence-corrected chi connectivity index (χ3v) is 2.63. The fraction of sp³-hybridized carbons (Fsp3) is 0.455. The Hall–Kier alpha value is -1.22. The van der Waals surface area contributed by atoms with Crippen LogP contribution >= 0.6 is 0 Å². The van der Waals surface area contributed by atoms with E-state index in [1.807, 2.05) is 12.1 Å². The number of methoxy groups -OCH3 is 1. The largest absolute Gasteiger partial charge is 0.377 e. The van der Waals surface area contributed by atoms with E-state index in [0.717, 1.165) is 18.5 Å². The molecule has 2 rings (SSSR count). The third kappa shape index (κ3) is 1.55. The van der Waals surface area contributed by atoms with Gasteiger partial charge in [0.1, 0.15) is 6.61 Å². The molecule has 14 heavy (non-hydrogen) atoms. The van der Waals surface area contributed by atoms with Gasteiger partial charge in [-0.05, 0) is 24.5 Å². The molecular formula is C11H13NO2. The number of aromatic nitrogens is 1. The first-order chi connectivity index (χ1) is 6.83. The van der Waals surface area contributed by atoms with Crippen molar-refractivity contribution in [3.63, 3.8) is 0 Å². The van der Waals surface area contributed by atoms with Crippen molar-refractivity contribution in [2.45, 2.75) is 18.8 Å². The minimum absolute atomic E-state index is 0.0360. The molecular weight excluding hydrogens is 178 g/mol. The second-order valence-electron chi connectivity index (χ2n) is 3.54. The molecule has 1 aliphatic rings. The number of nitrogens with zero attached hydrogens (tertiary/aromatic N) is 1. The molecule has 74 valence electrons. The van der Waals surface area contributed by atoms with Crippen molar-refractivity contribution in [3.8, 4) is 0 Å². The molecule has 1 atom stereocenters. The molecule has 0 saturated carbocycles. The van der Waals surface area contributed by atoms with E-state index >= 15 is 0 Å². The monoisotopic (exact) mass is 191 g/mol. The predicted octanol–water partition coefficient (Wildman–Crippen LogP) is 1.33. The van der Waals surface area contributed by atoms with Gasteiger partial charge in [-0.15, -0.1) is 0 Å². The Bertz CT molecular complexity index is 349. The minimum atomic E-state index is -0.0360. The van der Waals surface area contributed by atoms with E-state index in [1.165, 1.54) is 5.56 Å². The zero-order chi connectivity index (χ0) is 9.97. The van der Waals surface area contributed by atoms with Crippen LogP contribution in [-0.2, 0) is 16.0 Å². The van der Waals surface area contributed by atoms with Gasteiger partial charge < -0.3 is 4.74 Å². The number of carbonyl (C=O) groups is 1. The van der Waals surface area contributed by atoms with Gasteiger partial charge in [0.2, 0.25) is 0 Å². The molecule has 0 aliphatic heterocycles. The minimum Gasteiger partial charge on any atom is -0.377 e. The van der Waals surface area contributed by atoms with E-state index in [4.69, 9.17) is 4.74 Å². The molecule has 0 N–H and O–H groups in total. The highest BCUT2D eigenvalue weighted by atomic mass is 16.5. The maximum atomic E-state index is 11.6. The molecule has 0 saturated heterocycles. The molecule has 1 aromatic heterocycles. The van der Waals surface area contributed by atoms with Gasteiger partial charge in [0.25, 0.3) is 0 Å². The van der Waals surface area contributed by atoms with Crippen molar-refractivity contribution in [2.24, 2.45) is 0 Å². The predicted molar refractivity (Wildman–Crippen MR) is 52.2 cm³/mol. The summed E-state index contributed by atoms with van der Waals surface area (Å²) < 4.78 is 4.85. The van der Waals surface area contributed by atoms with Gasteiger partial charge in [-0.2, -0.15) is 0 Å². The maximum absolute atomic E-state index is 11.6. The molecule has 1 unspecified atom stereocenters. The standard InChI is InChI=1S/C11H13NO2/c1-14-7-10(13)9-5-4-8-3-2-6-12-11(8)9/h2-3,6,9H,4-5,7H2,1H3. The van der Waals surface area contributed by atoms with Crippen molar-refractivity contribution >= 4 is 5.78 Å². The van der Waals surface area contributed by atoms with E-state index < -0.39 is 0 Å². The molecule has 0 fully saturated rings. The molecule has 1 aromatic rings. The van der Waals surface area contributed by atoms with Crippen LogP contribution in [0.5, 0.6) is 0 Å². The van der Waals surface area contributed by atoms with Crippen LogP contribution in [0.15, 0.2) is 18.3 Å². The summed E-state index contributed by atoms with van der Waals surface area (Å²) in [6.07, 6.45) is 3.59. The highest BCUT2D eigenvalue weighted by molar-refractivity contribution is 5.87. The molecule has 3 nitrogen and oxygen atoms in total. The van der Waals surface area contributed by atoms with Crippen LogP contribution in [-0.4, -0.2) is 24.5 Å². The van der Waals surface area contributed by atoms with Crippen molar-refractivity contribution in [1.82, 2.24) is 4.98 Å². The topological polar surface area (TPSA) is 39.2 Å². The number of rotatable bonds is 3. The molecule has 1 aliphatic carbocycles. The maximum Gasteiger partial charge on any atom is 0.167 e. The molecule has 0 spiro atoms. The lowest BCUT2D eigenvalue weighted by molar-refractivity contribution is -0.124. The van der Waals surface area contributed by atoms with E-state index in [-0.39, 0.29) is 18.3 Å². The number of Topliss-reactive ketones (excluding diaryl/α,β-unsaturated/α-hetero) is 1. The fourth-order valence-electron chi connectivity index (χ4n) is 1.97. The molecule has 3 heteroatoms. The van der Waals surface area contributed by atoms with Crippen LogP contribution in [0, 0.1) is 0 Å². The van der Waals surface area contributed by atoms with Gasteiger partial charge in [0.15, 0.2) is 5.78 Å². The zero-order valence-electron chi connectivity index (χ0n) is 8.19. The second-order valence-corrected chi connectivity index (χ2v) is 3.54. The first-order valence-electron chi connectivity index (χ1n) is 4.78. The molecule has 1 heterocycles. The second kappa shape index (κ2) is 3.88. The number of aryl methyl sites for hydroxylation is 1. The summed E-state index contributed by atoms with van der Waals surface area (Å²) in [4.78, 5) is 15.9.